The zero-order chi connectivity index (χ0) is 21.4. The van der Waals surface area contributed by atoms with Gasteiger partial charge in [-0.25, -0.2) is 13.1 Å². The van der Waals surface area contributed by atoms with Crippen LogP contribution in [0.3, 0.4) is 0 Å². The maximum absolute atomic E-state index is 12.1. The second kappa shape index (κ2) is 10.2. The average molecular weight is 440 g/mol. The molecular formula is C19H22ClN3O5S. The predicted molar refractivity (Wildman–Crippen MR) is 111 cm³/mol. The van der Waals surface area contributed by atoms with E-state index in [9.17, 15) is 18.0 Å². The van der Waals surface area contributed by atoms with Gasteiger partial charge in [0.25, 0.3) is 0 Å². The third-order valence-electron chi connectivity index (χ3n) is 3.83. The van der Waals surface area contributed by atoms with E-state index in [0.29, 0.717) is 16.5 Å². The molecule has 0 atom stereocenters. The summed E-state index contributed by atoms with van der Waals surface area (Å²) in [7, 11) is -2.28. The van der Waals surface area contributed by atoms with Crippen LogP contribution < -0.4 is 20.1 Å². The van der Waals surface area contributed by atoms with Crippen molar-refractivity contribution in [2.45, 2.75) is 18.2 Å². The molecule has 0 spiro atoms. The zero-order valence-corrected chi connectivity index (χ0v) is 17.6. The molecule has 0 saturated heterocycles. The van der Waals surface area contributed by atoms with E-state index >= 15 is 0 Å². The topological polar surface area (TPSA) is 114 Å². The number of amides is 2. The summed E-state index contributed by atoms with van der Waals surface area (Å²) in [6.07, 6.45) is -0.124. The second-order valence-electron chi connectivity index (χ2n) is 6.13. The fraction of sp³-hybridized carbons (Fsp3) is 0.263. The van der Waals surface area contributed by atoms with Crippen LogP contribution in [0.25, 0.3) is 0 Å². The van der Waals surface area contributed by atoms with Gasteiger partial charge in [0.05, 0.1) is 24.2 Å². The SMILES string of the molecule is COc1ccc(C)cc1NC(=O)CNC(=O)CCNS(=O)(=O)c1cccc(Cl)c1. The van der Waals surface area contributed by atoms with E-state index in [1.54, 1.807) is 18.2 Å². The highest BCUT2D eigenvalue weighted by atomic mass is 35.5. The molecule has 8 nitrogen and oxygen atoms in total. The number of carbonyl (C=O) groups excluding carboxylic acids is 2. The number of rotatable bonds is 9. The molecule has 0 aliphatic heterocycles. The fourth-order valence-electron chi connectivity index (χ4n) is 2.40. The minimum absolute atomic E-state index is 0.0110. The first kappa shape index (κ1) is 22.7. The minimum Gasteiger partial charge on any atom is -0.495 e. The summed E-state index contributed by atoms with van der Waals surface area (Å²) in [6, 6.07) is 11.1. The standard InChI is InChI=1S/C19H22ClN3O5S/c1-13-6-7-17(28-2)16(10-13)23-19(25)12-21-18(24)8-9-22-29(26,27)15-5-3-4-14(20)11-15/h3-7,10-11,22H,8-9,12H2,1-2H3,(H,21,24)(H,23,25). The molecule has 0 fully saturated rings. The molecule has 0 aliphatic rings. The molecule has 2 aromatic rings. The number of aryl methyl sites for hydroxylation is 1. The molecule has 3 N–H and O–H groups in total. The van der Waals surface area contributed by atoms with Crippen molar-refractivity contribution in [1.82, 2.24) is 10.0 Å². The van der Waals surface area contributed by atoms with E-state index in [4.69, 9.17) is 16.3 Å². The maximum Gasteiger partial charge on any atom is 0.243 e. The van der Waals surface area contributed by atoms with Crippen LogP contribution in [0.2, 0.25) is 5.02 Å². The Hall–Kier alpha value is -2.62. The lowest BCUT2D eigenvalue weighted by Gasteiger charge is -2.11. The van der Waals surface area contributed by atoms with Gasteiger partial charge in [0.2, 0.25) is 21.8 Å². The van der Waals surface area contributed by atoms with Gasteiger partial charge in [0.15, 0.2) is 0 Å². The van der Waals surface area contributed by atoms with Crippen molar-refractivity contribution in [2.24, 2.45) is 0 Å². The number of ether oxygens (including phenoxy) is 1. The molecule has 2 aromatic carbocycles. The summed E-state index contributed by atoms with van der Waals surface area (Å²) in [4.78, 5) is 23.9. The van der Waals surface area contributed by atoms with Gasteiger partial charge in [0.1, 0.15) is 5.75 Å². The molecule has 0 aromatic heterocycles. The summed E-state index contributed by atoms with van der Waals surface area (Å²) < 4.78 is 31.8. The van der Waals surface area contributed by atoms with Crippen molar-refractivity contribution in [3.63, 3.8) is 0 Å². The lowest BCUT2D eigenvalue weighted by Crippen LogP contribution is -2.35. The number of halogens is 1. The molecule has 2 rings (SSSR count). The van der Waals surface area contributed by atoms with Crippen molar-refractivity contribution in [3.05, 3.63) is 53.1 Å². The average Bonchev–Trinajstić information content (AvgIpc) is 2.66. The quantitative estimate of drug-likeness (QED) is 0.553. The summed E-state index contributed by atoms with van der Waals surface area (Å²) in [6.45, 7) is 1.51. The first-order valence-corrected chi connectivity index (χ1v) is 10.5. The molecule has 0 aliphatic carbocycles. The summed E-state index contributed by atoms with van der Waals surface area (Å²) in [5, 5.41) is 5.40. The van der Waals surface area contributed by atoms with Gasteiger partial charge in [0, 0.05) is 18.0 Å². The summed E-state index contributed by atoms with van der Waals surface area (Å²) in [5.41, 5.74) is 1.44. The molecule has 2 amide bonds. The van der Waals surface area contributed by atoms with Crippen molar-refractivity contribution in [2.75, 3.05) is 25.5 Å². The molecule has 0 unspecified atom stereocenters. The Kier molecular flexibility index (Phi) is 8.00. The maximum atomic E-state index is 12.1. The molecule has 0 saturated carbocycles. The number of anilines is 1. The van der Waals surface area contributed by atoms with E-state index < -0.39 is 21.8 Å². The highest BCUT2D eigenvalue weighted by Gasteiger charge is 2.15. The van der Waals surface area contributed by atoms with Crippen LogP contribution in [0.4, 0.5) is 5.69 Å². The Balaban J connectivity index is 1.78. The number of methoxy groups -OCH3 is 1. The van der Waals surface area contributed by atoms with E-state index in [2.05, 4.69) is 15.4 Å². The zero-order valence-electron chi connectivity index (χ0n) is 16.0. The van der Waals surface area contributed by atoms with Crippen molar-refractivity contribution in [3.8, 4) is 5.75 Å². The van der Waals surface area contributed by atoms with Gasteiger partial charge in [-0.3, -0.25) is 9.59 Å². The van der Waals surface area contributed by atoms with E-state index in [0.717, 1.165) is 5.56 Å². The van der Waals surface area contributed by atoms with Crippen LogP contribution >= 0.6 is 11.6 Å². The predicted octanol–water partition coefficient (Wildman–Crippen LogP) is 2.08. The number of sulfonamides is 1. The van der Waals surface area contributed by atoms with Crippen molar-refractivity contribution < 1.29 is 22.7 Å². The Morgan fingerprint density at radius 1 is 1.10 bits per heavy atom. The van der Waals surface area contributed by atoms with Crippen LogP contribution in [0, 0.1) is 6.92 Å². The number of benzene rings is 2. The third kappa shape index (κ3) is 7.04. The second-order valence-corrected chi connectivity index (χ2v) is 8.34. The molecule has 10 heteroatoms. The fourth-order valence-corrected chi connectivity index (χ4v) is 3.73. The first-order chi connectivity index (χ1) is 13.7. The van der Waals surface area contributed by atoms with Crippen molar-refractivity contribution in [1.29, 1.82) is 0 Å². The molecule has 156 valence electrons. The van der Waals surface area contributed by atoms with E-state index in [1.165, 1.54) is 25.3 Å². The minimum atomic E-state index is -3.77. The Morgan fingerprint density at radius 3 is 2.55 bits per heavy atom. The Bertz CT molecular complexity index is 995. The van der Waals surface area contributed by atoms with Gasteiger partial charge < -0.3 is 15.4 Å². The van der Waals surface area contributed by atoms with Crippen LogP contribution in [-0.2, 0) is 19.6 Å². The lowest BCUT2D eigenvalue weighted by molar-refractivity contribution is -0.124. The normalized spacial score (nSPS) is 11.0. The summed E-state index contributed by atoms with van der Waals surface area (Å²) in [5.74, 6) is -0.391. The molecule has 0 bridgehead atoms. The molecule has 0 heterocycles. The highest BCUT2D eigenvalue weighted by molar-refractivity contribution is 7.89. The number of hydrogen-bond acceptors (Lipinski definition) is 5. The van der Waals surface area contributed by atoms with Crippen LogP contribution in [0.15, 0.2) is 47.4 Å². The highest BCUT2D eigenvalue weighted by Crippen LogP contribution is 2.24. The smallest absolute Gasteiger partial charge is 0.243 e. The Labute approximate surface area is 174 Å². The molecule has 29 heavy (non-hydrogen) atoms. The molecule has 0 radical (unpaired) electrons. The number of carbonyl (C=O) groups is 2. The van der Waals surface area contributed by atoms with Gasteiger partial charge in [-0.05, 0) is 42.8 Å². The van der Waals surface area contributed by atoms with Gasteiger partial charge >= 0.3 is 0 Å². The summed E-state index contributed by atoms with van der Waals surface area (Å²) >= 11 is 5.79. The Morgan fingerprint density at radius 2 is 1.86 bits per heavy atom. The third-order valence-corrected chi connectivity index (χ3v) is 5.52. The van der Waals surface area contributed by atoms with Crippen LogP contribution in [0.5, 0.6) is 5.75 Å². The number of nitrogens with one attached hydrogen (secondary N) is 3. The van der Waals surface area contributed by atoms with Gasteiger partial charge in [-0.1, -0.05) is 23.7 Å². The molecular weight excluding hydrogens is 418 g/mol. The van der Waals surface area contributed by atoms with Gasteiger partial charge in [-0.2, -0.15) is 0 Å². The van der Waals surface area contributed by atoms with Crippen LogP contribution in [-0.4, -0.2) is 40.4 Å². The van der Waals surface area contributed by atoms with Crippen LogP contribution in [0.1, 0.15) is 12.0 Å². The first-order valence-electron chi connectivity index (χ1n) is 8.67. The number of hydrogen-bond donors (Lipinski definition) is 3. The van der Waals surface area contributed by atoms with Crippen molar-refractivity contribution >= 4 is 39.1 Å². The van der Waals surface area contributed by atoms with E-state index in [-0.39, 0.29) is 24.4 Å². The van der Waals surface area contributed by atoms with Gasteiger partial charge in [-0.15, -0.1) is 0 Å². The monoisotopic (exact) mass is 439 g/mol. The van der Waals surface area contributed by atoms with E-state index in [1.807, 2.05) is 13.0 Å². The lowest BCUT2D eigenvalue weighted by atomic mass is 10.2. The largest absolute Gasteiger partial charge is 0.495 e.